The second kappa shape index (κ2) is 9.11. The quantitative estimate of drug-likeness (QED) is 0.253. The van der Waals surface area contributed by atoms with Crippen molar-refractivity contribution in [1.82, 2.24) is 4.31 Å². The third-order valence-electron chi connectivity index (χ3n) is 1.14. The van der Waals surface area contributed by atoms with Crippen molar-refractivity contribution in [3.63, 3.8) is 0 Å². The molecule has 4 nitrogen and oxygen atoms in total. The summed E-state index contributed by atoms with van der Waals surface area (Å²) in [6.07, 6.45) is 0. The molecule has 0 saturated heterocycles. The molecule has 0 aromatic heterocycles. The van der Waals surface area contributed by atoms with Crippen LogP contribution in [0, 0.1) is 11.3 Å². The Bertz CT molecular complexity index is 269. The van der Waals surface area contributed by atoms with E-state index in [1.807, 2.05) is 0 Å². The normalized spacial score (nSPS) is 13.8. The fourth-order valence-electron chi connectivity index (χ4n) is 0.580. The van der Waals surface area contributed by atoms with E-state index in [9.17, 15) is 4.21 Å². The number of thioether (sulfide) groups is 2. The van der Waals surface area contributed by atoms with E-state index in [2.05, 4.69) is 0 Å². The van der Waals surface area contributed by atoms with Crippen LogP contribution in [0.4, 0.5) is 0 Å². The van der Waals surface area contributed by atoms with Crippen molar-refractivity contribution in [2.24, 2.45) is 0 Å². The Hall–Kier alpha value is 1.13. The molecule has 0 radical (unpaired) electrons. The molecule has 16 heavy (non-hydrogen) atoms. The van der Waals surface area contributed by atoms with Crippen LogP contribution in [0.1, 0.15) is 0 Å². The Morgan fingerprint density at radius 1 is 1.44 bits per heavy atom. The molecule has 10 heteroatoms. The van der Waals surface area contributed by atoms with Gasteiger partial charge in [-0.3, -0.25) is 4.55 Å². The molecular formula is C6H9Cl3N2O2S3. The summed E-state index contributed by atoms with van der Waals surface area (Å²) in [5, 5.41) is 9.01. The van der Waals surface area contributed by atoms with Gasteiger partial charge in [-0.1, -0.05) is 34.8 Å². The van der Waals surface area contributed by atoms with Crippen molar-refractivity contribution in [1.29, 1.82) is 5.26 Å². The van der Waals surface area contributed by atoms with E-state index in [-0.39, 0.29) is 12.4 Å². The molecule has 0 aliphatic rings. The van der Waals surface area contributed by atoms with Crippen molar-refractivity contribution in [2.45, 2.75) is 3.79 Å². The number of nitrogens with zero attached hydrogens (tertiary/aromatic N) is 2. The maximum atomic E-state index is 10.7. The number of hydrogen-bond acceptors (Lipinski definition) is 4. The first-order chi connectivity index (χ1) is 7.37. The standard InChI is InChI=1S/C6H9Cl3N2O2S3/c7-6(8,9)3-14-5-15-4-11(2-1-10)16(12)13/h2-5H2,(H,12,13). The third-order valence-corrected chi connectivity index (χ3v) is 5.34. The minimum atomic E-state index is -2.12. The topological polar surface area (TPSA) is 64.3 Å². The van der Waals surface area contributed by atoms with Crippen LogP contribution in [0.5, 0.6) is 0 Å². The largest absolute Gasteiger partial charge is 0.294 e. The van der Waals surface area contributed by atoms with Gasteiger partial charge in [0.05, 0.1) is 11.9 Å². The predicted octanol–water partition coefficient (Wildman–Crippen LogP) is 2.70. The number of alkyl halides is 3. The van der Waals surface area contributed by atoms with Gasteiger partial charge in [-0.15, -0.1) is 23.5 Å². The highest BCUT2D eigenvalue weighted by Gasteiger charge is 2.19. The van der Waals surface area contributed by atoms with Gasteiger partial charge < -0.3 is 0 Å². The van der Waals surface area contributed by atoms with Crippen LogP contribution >= 0.6 is 58.3 Å². The summed E-state index contributed by atoms with van der Waals surface area (Å²) in [7, 11) is 0. The molecule has 0 aliphatic carbocycles. The fourth-order valence-corrected chi connectivity index (χ4v) is 3.66. The summed E-state index contributed by atoms with van der Waals surface area (Å²) in [4.78, 5) is 0. The molecule has 94 valence electrons. The van der Waals surface area contributed by atoms with Crippen LogP contribution in [0.15, 0.2) is 0 Å². The predicted molar refractivity (Wildman–Crippen MR) is 73.2 cm³/mol. The molecule has 0 bridgehead atoms. The van der Waals surface area contributed by atoms with E-state index in [1.165, 1.54) is 23.5 Å². The first-order valence-electron chi connectivity index (χ1n) is 3.82. The fraction of sp³-hybridized carbons (Fsp3) is 0.833. The number of halogens is 3. The minimum absolute atomic E-state index is 0.0920. The lowest BCUT2D eigenvalue weighted by molar-refractivity contribution is 0.466. The second-order valence-electron chi connectivity index (χ2n) is 2.44. The smallest absolute Gasteiger partial charge is 0.236 e. The number of rotatable bonds is 7. The summed E-state index contributed by atoms with van der Waals surface area (Å²) < 4.78 is 19.4. The first-order valence-corrected chi connectivity index (χ1v) is 8.32. The summed E-state index contributed by atoms with van der Waals surface area (Å²) in [5.74, 6) is 0.634. The Labute approximate surface area is 120 Å². The Morgan fingerprint density at radius 2 is 2.06 bits per heavy atom. The van der Waals surface area contributed by atoms with Gasteiger partial charge in [0.15, 0.2) is 3.79 Å². The van der Waals surface area contributed by atoms with Gasteiger partial charge in [0.1, 0.15) is 6.54 Å². The van der Waals surface area contributed by atoms with Gasteiger partial charge in [-0.2, -0.15) is 9.57 Å². The highest BCUT2D eigenvalue weighted by Crippen LogP contribution is 2.31. The maximum absolute atomic E-state index is 10.7. The molecule has 0 saturated carbocycles. The van der Waals surface area contributed by atoms with Crippen LogP contribution in [-0.4, -0.2) is 40.1 Å². The Balaban J connectivity index is 3.64. The highest BCUT2D eigenvalue weighted by molar-refractivity contribution is 8.16. The van der Waals surface area contributed by atoms with Gasteiger partial charge in [-0.05, 0) is 0 Å². The highest BCUT2D eigenvalue weighted by atomic mass is 35.6. The van der Waals surface area contributed by atoms with Crippen LogP contribution in [0.3, 0.4) is 0 Å². The van der Waals surface area contributed by atoms with E-state index in [0.29, 0.717) is 10.8 Å². The molecule has 0 rings (SSSR count). The zero-order valence-electron chi connectivity index (χ0n) is 7.94. The third kappa shape index (κ3) is 10.3. The summed E-state index contributed by atoms with van der Waals surface area (Å²) in [6, 6.07) is 1.80. The lowest BCUT2D eigenvalue weighted by Crippen LogP contribution is -2.25. The average molecular weight is 344 g/mol. The molecule has 0 amide bonds. The van der Waals surface area contributed by atoms with Crippen LogP contribution in [0.25, 0.3) is 0 Å². The number of nitriles is 1. The molecule has 0 fully saturated rings. The van der Waals surface area contributed by atoms with Gasteiger partial charge in [0.25, 0.3) is 0 Å². The van der Waals surface area contributed by atoms with Gasteiger partial charge in [0, 0.05) is 10.8 Å². The molecule has 0 heterocycles. The molecular weight excluding hydrogens is 335 g/mol. The van der Waals surface area contributed by atoms with E-state index in [0.717, 1.165) is 4.31 Å². The minimum Gasteiger partial charge on any atom is -0.294 e. The Kier molecular flexibility index (Phi) is 9.76. The summed E-state index contributed by atoms with van der Waals surface area (Å²) in [5.41, 5.74) is 0. The molecule has 0 spiro atoms. The van der Waals surface area contributed by atoms with Crippen LogP contribution in [-0.2, 0) is 11.3 Å². The molecule has 0 aromatic carbocycles. The second-order valence-corrected chi connectivity index (χ2v) is 8.24. The van der Waals surface area contributed by atoms with Crippen molar-refractivity contribution >= 4 is 69.6 Å². The lowest BCUT2D eigenvalue weighted by atomic mass is 10.7. The van der Waals surface area contributed by atoms with Crippen molar-refractivity contribution < 1.29 is 8.76 Å². The zero-order valence-corrected chi connectivity index (χ0v) is 12.7. The van der Waals surface area contributed by atoms with Gasteiger partial charge >= 0.3 is 0 Å². The van der Waals surface area contributed by atoms with E-state index < -0.39 is 15.1 Å². The van der Waals surface area contributed by atoms with Gasteiger partial charge in [0.2, 0.25) is 11.3 Å². The van der Waals surface area contributed by atoms with E-state index in [1.54, 1.807) is 6.07 Å². The molecule has 1 atom stereocenters. The average Bonchev–Trinajstić information content (AvgIpc) is 2.13. The molecule has 1 unspecified atom stereocenters. The van der Waals surface area contributed by atoms with Crippen LogP contribution in [0.2, 0.25) is 0 Å². The van der Waals surface area contributed by atoms with E-state index >= 15 is 0 Å². The SMILES string of the molecule is N#CCN(CSCSCC(Cl)(Cl)Cl)S(=O)O. The summed E-state index contributed by atoms with van der Waals surface area (Å²) >= 11 is 17.3. The first kappa shape index (κ1) is 17.1. The zero-order chi connectivity index (χ0) is 12.6. The van der Waals surface area contributed by atoms with Crippen molar-refractivity contribution in [3.8, 4) is 6.07 Å². The monoisotopic (exact) mass is 342 g/mol. The molecule has 0 aromatic rings. The lowest BCUT2D eigenvalue weighted by Gasteiger charge is -2.13. The van der Waals surface area contributed by atoms with Crippen molar-refractivity contribution in [3.05, 3.63) is 0 Å². The maximum Gasteiger partial charge on any atom is 0.236 e. The Morgan fingerprint density at radius 3 is 2.50 bits per heavy atom. The van der Waals surface area contributed by atoms with Gasteiger partial charge in [-0.25, -0.2) is 4.21 Å². The summed E-state index contributed by atoms with van der Waals surface area (Å²) in [6.45, 7) is -0.0920. The van der Waals surface area contributed by atoms with Crippen LogP contribution < -0.4 is 0 Å². The van der Waals surface area contributed by atoms with Crippen molar-refractivity contribution in [2.75, 3.05) is 23.3 Å². The molecule has 1 N–H and O–H groups in total. The number of hydrogen-bond donors (Lipinski definition) is 1. The van der Waals surface area contributed by atoms with E-state index in [4.69, 9.17) is 44.6 Å². The molecule has 0 aliphatic heterocycles.